The summed E-state index contributed by atoms with van der Waals surface area (Å²) in [5.41, 5.74) is -1.08. The third-order valence-electron chi connectivity index (χ3n) is 3.48. The molecule has 0 aromatic heterocycles. The van der Waals surface area contributed by atoms with Crippen LogP contribution in [-0.2, 0) is 14.3 Å². The summed E-state index contributed by atoms with van der Waals surface area (Å²) in [6.07, 6.45) is 0.756. The van der Waals surface area contributed by atoms with E-state index in [2.05, 4.69) is 5.32 Å². The third-order valence-corrected chi connectivity index (χ3v) is 4.59. The number of thioether (sulfide) groups is 1. The average Bonchev–Trinajstić information content (AvgIpc) is 2.34. The van der Waals surface area contributed by atoms with E-state index in [1.54, 1.807) is 11.8 Å². The standard InChI is InChI=1S/C15H26N2O4S/c1-11(18)17-8-6-15(7-9-17,10-22-12(2)19)16-13(20)21-14(3,4)5/h6-10H2,1-5H3,(H,16,20). The van der Waals surface area contributed by atoms with Gasteiger partial charge >= 0.3 is 6.09 Å². The smallest absolute Gasteiger partial charge is 0.408 e. The highest BCUT2D eigenvalue weighted by molar-refractivity contribution is 8.13. The summed E-state index contributed by atoms with van der Waals surface area (Å²) in [4.78, 5) is 36.6. The molecule has 0 bridgehead atoms. The number of piperidine rings is 1. The first-order valence-corrected chi connectivity index (χ1v) is 8.42. The second kappa shape index (κ2) is 7.35. The van der Waals surface area contributed by atoms with Crippen molar-refractivity contribution in [1.82, 2.24) is 10.2 Å². The molecule has 7 heteroatoms. The van der Waals surface area contributed by atoms with Crippen molar-refractivity contribution in [1.29, 1.82) is 0 Å². The van der Waals surface area contributed by atoms with Crippen molar-refractivity contribution >= 4 is 28.9 Å². The Morgan fingerprint density at radius 3 is 2.14 bits per heavy atom. The number of rotatable bonds is 3. The normalized spacial score (nSPS) is 17.8. The van der Waals surface area contributed by atoms with Crippen LogP contribution in [-0.4, -0.2) is 52.0 Å². The number of nitrogens with one attached hydrogen (secondary N) is 1. The van der Waals surface area contributed by atoms with Gasteiger partial charge in [-0.1, -0.05) is 11.8 Å². The number of hydrogen-bond acceptors (Lipinski definition) is 5. The van der Waals surface area contributed by atoms with E-state index in [1.165, 1.54) is 18.7 Å². The highest BCUT2D eigenvalue weighted by atomic mass is 32.2. The molecule has 1 saturated heterocycles. The number of carbonyl (C=O) groups excluding carboxylic acids is 3. The van der Waals surface area contributed by atoms with Crippen molar-refractivity contribution in [2.45, 2.75) is 58.6 Å². The van der Waals surface area contributed by atoms with Crippen LogP contribution in [0.5, 0.6) is 0 Å². The molecule has 0 unspecified atom stereocenters. The Labute approximate surface area is 136 Å². The van der Waals surface area contributed by atoms with E-state index in [9.17, 15) is 14.4 Å². The number of carbonyl (C=O) groups is 3. The molecule has 126 valence electrons. The van der Waals surface area contributed by atoms with Gasteiger partial charge < -0.3 is 15.0 Å². The topological polar surface area (TPSA) is 75.7 Å². The maximum Gasteiger partial charge on any atom is 0.408 e. The molecular formula is C15H26N2O4S. The highest BCUT2D eigenvalue weighted by Crippen LogP contribution is 2.27. The molecule has 2 amide bonds. The zero-order chi connectivity index (χ0) is 17.0. The summed E-state index contributed by atoms with van der Waals surface area (Å²) in [6, 6.07) is 0. The van der Waals surface area contributed by atoms with Crippen LogP contribution in [0.4, 0.5) is 4.79 Å². The molecule has 0 aromatic rings. The lowest BCUT2D eigenvalue weighted by Crippen LogP contribution is -2.58. The first-order chi connectivity index (χ1) is 10.0. The molecule has 1 aliphatic rings. The van der Waals surface area contributed by atoms with Gasteiger partial charge in [-0.2, -0.15) is 0 Å². The zero-order valence-electron chi connectivity index (χ0n) is 14.0. The Hall–Kier alpha value is -1.24. The first kappa shape index (κ1) is 18.8. The van der Waals surface area contributed by atoms with Crippen LogP contribution in [0.3, 0.4) is 0 Å². The van der Waals surface area contributed by atoms with Gasteiger partial charge in [-0.05, 0) is 33.6 Å². The van der Waals surface area contributed by atoms with Crippen LogP contribution in [0, 0.1) is 0 Å². The lowest BCUT2D eigenvalue weighted by Gasteiger charge is -2.42. The second-order valence-corrected chi connectivity index (χ2v) is 7.85. The lowest BCUT2D eigenvalue weighted by atomic mass is 9.89. The third kappa shape index (κ3) is 6.25. The number of alkyl carbamates (subject to hydrolysis) is 1. The molecule has 0 aromatic carbocycles. The SMILES string of the molecule is CC(=O)SCC1(NC(=O)OC(C)(C)C)CCN(C(C)=O)CC1. The van der Waals surface area contributed by atoms with Crippen molar-refractivity contribution in [3.05, 3.63) is 0 Å². The van der Waals surface area contributed by atoms with Gasteiger partial charge in [-0.3, -0.25) is 9.59 Å². The molecule has 1 rings (SSSR count). The van der Waals surface area contributed by atoms with Crippen LogP contribution in [0.1, 0.15) is 47.5 Å². The van der Waals surface area contributed by atoms with E-state index in [-0.39, 0.29) is 11.0 Å². The molecule has 0 atom stereocenters. The van der Waals surface area contributed by atoms with E-state index in [4.69, 9.17) is 4.74 Å². The van der Waals surface area contributed by atoms with Gasteiger partial charge in [-0.15, -0.1) is 0 Å². The van der Waals surface area contributed by atoms with Gasteiger partial charge in [0.2, 0.25) is 5.91 Å². The minimum atomic E-state index is -0.570. The Morgan fingerprint density at radius 1 is 1.18 bits per heavy atom. The van der Waals surface area contributed by atoms with E-state index >= 15 is 0 Å². The van der Waals surface area contributed by atoms with Gasteiger partial charge in [0.15, 0.2) is 5.12 Å². The molecule has 0 saturated carbocycles. The van der Waals surface area contributed by atoms with Crippen molar-refractivity contribution in [3.63, 3.8) is 0 Å². The Balaban J connectivity index is 2.74. The molecule has 22 heavy (non-hydrogen) atoms. The van der Waals surface area contributed by atoms with Gasteiger partial charge in [0.25, 0.3) is 0 Å². The fourth-order valence-corrected chi connectivity index (χ4v) is 3.16. The maximum atomic E-state index is 12.1. The van der Waals surface area contributed by atoms with Crippen LogP contribution in [0.2, 0.25) is 0 Å². The lowest BCUT2D eigenvalue weighted by molar-refractivity contribution is -0.130. The number of nitrogens with zero attached hydrogens (tertiary/aromatic N) is 1. The van der Waals surface area contributed by atoms with E-state index in [0.717, 1.165) is 0 Å². The van der Waals surface area contributed by atoms with E-state index in [1.807, 2.05) is 20.8 Å². The molecule has 0 spiro atoms. The van der Waals surface area contributed by atoms with Crippen LogP contribution in [0.15, 0.2) is 0 Å². The zero-order valence-corrected chi connectivity index (χ0v) is 14.8. The molecular weight excluding hydrogens is 304 g/mol. The largest absolute Gasteiger partial charge is 0.444 e. The highest BCUT2D eigenvalue weighted by Gasteiger charge is 2.38. The van der Waals surface area contributed by atoms with Crippen molar-refractivity contribution < 1.29 is 19.1 Å². The van der Waals surface area contributed by atoms with Gasteiger partial charge in [-0.25, -0.2) is 4.79 Å². The van der Waals surface area contributed by atoms with Crippen LogP contribution in [0.25, 0.3) is 0 Å². The monoisotopic (exact) mass is 330 g/mol. The number of hydrogen-bond donors (Lipinski definition) is 1. The quantitative estimate of drug-likeness (QED) is 0.858. The average molecular weight is 330 g/mol. The predicted octanol–water partition coefficient (Wildman–Crippen LogP) is 2.17. The van der Waals surface area contributed by atoms with Crippen molar-refractivity contribution in [3.8, 4) is 0 Å². The fourth-order valence-electron chi connectivity index (χ4n) is 2.31. The summed E-state index contributed by atoms with van der Waals surface area (Å²) in [5.74, 6) is 0.526. The summed E-state index contributed by atoms with van der Waals surface area (Å²) >= 11 is 1.19. The summed E-state index contributed by atoms with van der Waals surface area (Å²) in [5, 5.41) is 2.94. The Morgan fingerprint density at radius 2 is 1.73 bits per heavy atom. The van der Waals surface area contributed by atoms with Crippen LogP contribution >= 0.6 is 11.8 Å². The molecule has 0 radical (unpaired) electrons. The molecule has 6 nitrogen and oxygen atoms in total. The Bertz CT molecular complexity index is 437. The number of likely N-dealkylation sites (tertiary alicyclic amines) is 1. The molecule has 1 aliphatic heterocycles. The first-order valence-electron chi connectivity index (χ1n) is 7.43. The number of amides is 2. The predicted molar refractivity (Wildman–Crippen MR) is 86.7 cm³/mol. The minimum Gasteiger partial charge on any atom is -0.444 e. The molecule has 1 heterocycles. The van der Waals surface area contributed by atoms with Gasteiger partial charge in [0, 0.05) is 32.7 Å². The molecule has 0 aliphatic carbocycles. The fraction of sp³-hybridized carbons (Fsp3) is 0.800. The summed E-state index contributed by atoms with van der Waals surface area (Å²) in [6.45, 7) is 9.62. The number of ether oxygens (including phenoxy) is 1. The Kier molecular flexibility index (Phi) is 6.28. The molecule has 1 fully saturated rings. The van der Waals surface area contributed by atoms with Gasteiger partial charge in [0.05, 0.1) is 5.54 Å². The molecule has 1 N–H and O–H groups in total. The summed E-state index contributed by atoms with van der Waals surface area (Å²) < 4.78 is 5.32. The maximum absolute atomic E-state index is 12.1. The van der Waals surface area contributed by atoms with E-state index in [0.29, 0.717) is 31.7 Å². The van der Waals surface area contributed by atoms with E-state index < -0.39 is 17.2 Å². The van der Waals surface area contributed by atoms with Gasteiger partial charge in [0.1, 0.15) is 5.60 Å². The van der Waals surface area contributed by atoms with Crippen molar-refractivity contribution in [2.24, 2.45) is 0 Å². The van der Waals surface area contributed by atoms with Crippen LogP contribution < -0.4 is 5.32 Å². The second-order valence-electron chi connectivity index (χ2n) is 6.69. The van der Waals surface area contributed by atoms with Crippen molar-refractivity contribution in [2.75, 3.05) is 18.8 Å². The minimum absolute atomic E-state index is 0.0133. The summed E-state index contributed by atoms with van der Waals surface area (Å²) in [7, 11) is 0.